The summed E-state index contributed by atoms with van der Waals surface area (Å²) in [6.45, 7) is 4.10. The molecule has 0 radical (unpaired) electrons. The fourth-order valence-corrected chi connectivity index (χ4v) is 5.39. The number of phenols is 1. The van der Waals surface area contributed by atoms with Crippen molar-refractivity contribution >= 4 is 44.1 Å². The summed E-state index contributed by atoms with van der Waals surface area (Å²) in [5.74, 6) is -1.69. The molecule has 0 spiro atoms. The molecule has 1 fully saturated rings. The van der Waals surface area contributed by atoms with Crippen LogP contribution in [0.2, 0.25) is 0 Å². The average molecular weight is 485 g/mol. The molecule has 176 valence electrons. The Morgan fingerprint density at radius 2 is 1.60 bits per heavy atom. The number of carbonyl (C=O) groups excluding carboxylic acids is 2. The largest absolute Gasteiger partial charge is 0.508 e. The Bertz CT molecular complexity index is 1470. The van der Waals surface area contributed by atoms with Gasteiger partial charge < -0.3 is 10.2 Å². The Labute approximate surface area is 206 Å². The van der Waals surface area contributed by atoms with Gasteiger partial charge in [0.25, 0.3) is 5.78 Å². The van der Waals surface area contributed by atoms with E-state index in [9.17, 15) is 19.8 Å². The molecule has 0 bridgehead atoms. The van der Waals surface area contributed by atoms with Crippen molar-refractivity contribution in [2.45, 2.75) is 32.7 Å². The molecular formula is C28H24N2O4S. The van der Waals surface area contributed by atoms with Gasteiger partial charge >= 0.3 is 5.91 Å². The lowest BCUT2D eigenvalue weighted by Crippen LogP contribution is -2.29. The third kappa shape index (κ3) is 3.98. The van der Waals surface area contributed by atoms with Gasteiger partial charge in [-0.1, -0.05) is 67.6 Å². The molecule has 6 nitrogen and oxygen atoms in total. The molecule has 4 aromatic rings. The second kappa shape index (κ2) is 9.00. The number of thiazole rings is 1. The highest BCUT2D eigenvalue weighted by Gasteiger charge is 2.48. The molecule has 2 N–H and O–H groups in total. The SMILES string of the molecule is CCc1ccc(/C(O)=C2\C(=O)C(=O)N(c3nc4ccc(CC)cc4s3)C2c2ccc(O)cc2)cc1. The van der Waals surface area contributed by atoms with Gasteiger partial charge in [0.15, 0.2) is 5.13 Å². The number of Topliss-reactive ketones (excluding diaryl/α,β-unsaturated/α-hetero) is 1. The van der Waals surface area contributed by atoms with Crippen LogP contribution in [0, 0.1) is 0 Å². The van der Waals surface area contributed by atoms with Gasteiger partial charge in [-0.3, -0.25) is 14.5 Å². The Morgan fingerprint density at radius 3 is 2.26 bits per heavy atom. The van der Waals surface area contributed by atoms with Gasteiger partial charge in [-0.25, -0.2) is 4.98 Å². The van der Waals surface area contributed by atoms with Crippen LogP contribution in [0.15, 0.2) is 72.3 Å². The number of phenolic OH excluding ortho intramolecular Hbond substituents is 1. The Balaban J connectivity index is 1.69. The van der Waals surface area contributed by atoms with Crippen LogP contribution in [-0.4, -0.2) is 26.9 Å². The molecule has 1 amide bonds. The minimum absolute atomic E-state index is 0.00144. The molecule has 0 aliphatic carbocycles. The number of hydrogen-bond acceptors (Lipinski definition) is 6. The lowest BCUT2D eigenvalue weighted by atomic mass is 9.95. The van der Waals surface area contributed by atoms with Gasteiger partial charge in [-0.15, -0.1) is 0 Å². The third-order valence-corrected chi connectivity index (χ3v) is 7.36. The summed E-state index contributed by atoms with van der Waals surface area (Å²) >= 11 is 1.33. The molecular weight excluding hydrogens is 460 g/mol. The number of hydrogen-bond donors (Lipinski definition) is 2. The highest BCUT2D eigenvalue weighted by atomic mass is 32.1. The summed E-state index contributed by atoms with van der Waals surface area (Å²) in [6.07, 6.45) is 1.72. The van der Waals surface area contributed by atoms with Gasteiger partial charge in [0.1, 0.15) is 11.5 Å². The summed E-state index contributed by atoms with van der Waals surface area (Å²) in [6, 6.07) is 18.6. The molecule has 2 heterocycles. The van der Waals surface area contributed by atoms with E-state index in [-0.39, 0.29) is 17.1 Å². The maximum atomic E-state index is 13.4. The van der Waals surface area contributed by atoms with Gasteiger partial charge in [0.05, 0.1) is 21.8 Å². The number of amides is 1. The van der Waals surface area contributed by atoms with Crippen molar-refractivity contribution in [2.75, 3.05) is 4.90 Å². The highest BCUT2D eigenvalue weighted by molar-refractivity contribution is 7.22. The Morgan fingerprint density at radius 1 is 0.943 bits per heavy atom. The second-order valence-corrected chi connectivity index (χ2v) is 9.47. The summed E-state index contributed by atoms with van der Waals surface area (Å²) in [5.41, 5.74) is 4.03. The number of ketones is 1. The van der Waals surface area contributed by atoms with E-state index in [0.29, 0.717) is 16.3 Å². The van der Waals surface area contributed by atoms with Crippen LogP contribution in [-0.2, 0) is 22.4 Å². The van der Waals surface area contributed by atoms with E-state index in [2.05, 4.69) is 11.9 Å². The van der Waals surface area contributed by atoms with Crippen molar-refractivity contribution < 1.29 is 19.8 Å². The van der Waals surface area contributed by atoms with Gasteiger partial charge in [-0.2, -0.15) is 0 Å². The minimum atomic E-state index is -0.882. The van der Waals surface area contributed by atoms with Crippen LogP contribution in [0.1, 0.15) is 42.1 Å². The van der Waals surface area contributed by atoms with E-state index < -0.39 is 17.7 Å². The number of aliphatic hydroxyl groups excluding tert-OH is 1. The number of fused-ring (bicyclic) bond motifs is 1. The fourth-order valence-electron chi connectivity index (χ4n) is 4.34. The smallest absolute Gasteiger partial charge is 0.301 e. The molecule has 3 aromatic carbocycles. The number of nitrogens with zero attached hydrogens (tertiary/aromatic N) is 2. The first-order valence-corrected chi connectivity index (χ1v) is 12.3. The topological polar surface area (TPSA) is 90.7 Å². The standard InChI is InChI=1S/C28H24N2O4S/c1-3-16-5-8-19(9-6-16)25(32)23-24(18-10-12-20(31)13-11-18)30(27(34)26(23)33)28-29-21-14-7-17(4-2)15-22(21)35-28/h5-15,24,31-32H,3-4H2,1-2H3/b25-23+. The van der Waals surface area contributed by atoms with Crippen LogP contribution in [0.5, 0.6) is 5.75 Å². The van der Waals surface area contributed by atoms with Crippen molar-refractivity contribution in [1.29, 1.82) is 0 Å². The first-order chi connectivity index (χ1) is 16.9. The van der Waals surface area contributed by atoms with E-state index in [1.807, 2.05) is 37.3 Å². The number of anilines is 1. The highest BCUT2D eigenvalue weighted by Crippen LogP contribution is 2.44. The lowest BCUT2D eigenvalue weighted by Gasteiger charge is -2.23. The number of carbonyl (C=O) groups is 2. The monoisotopic (exact) mass is 484 g/mol. The number of aliphatic hydroxyl groups is 1. The first kappa shape index (κ1) is 22.8. The van der Waals surface area contributed by atoms with E-state index in [1.165, 1.54) is 28.4 Å². The van der Waals surface area contributed by atoms with E-state index in [4.69, 9.17) is 0 Å². The van der Waals surface area contributed by atoms with Crippen LogP contribution in [0.4, 0.5) is 5.13 Å². The molecule has 1 aliphatic rings. The third-order valence-electron chi connectivity index (χ3n) is 6.34. The number of benzene rings is 3. The van der Waals surface area contributed by atoms with Crippen LogP contribution < -0.4 is 4.90 Å². The number of aromatic hydroxyl groups is 1. The van der Waals surface area contributed by atoms with Crippen LogP contribution >= 0.6 is 11.3 Å². The molecule has 1 atom stereocenters. The number of rotatable bonds is 5. The van der Waals surface area contributed by atoms with Crippen molar-refractivity contribution in [3.63, 3.8) is 0 Å². The second-order valence-electron chi connectivity index (χ2n) is 8.46. The Hall–Kier alpha value is -3.97. The summed E-state index contributed by atoms with van der Waals surface area (Å²) in [7, 11) is 0. The van der Waals surface area contributed by atoms with Crippen LogP contribution in [0.25, 0.3) is 16.0 Å². The van der Waals surface area contributed by atoms with Crippen molar-refractivity contribution in [1.82, 2.24) is 4.98 Å². The molecule has 1 aliphatic heterocycles. The van der Waals surface area contributed by atoms with Crippen molar-refractivity contribution in [3.05, 3.63) is 94.6 Å². The van der Waals surface area contributed by atoms with Gasteiger partial charge in [0.2, 0.25) is 0 Å². The molecule has 1 saturated heterocycles. The maximum absolute atomic E-state index is 13.4. The zero-order valence-corrected chi connectivity index (χ0v) is 20.2. The normalized spacial score (nSPS) is 17.4. The summed E-state index contributed by atoms with van der Waals surface area (Å²) in [5, 5.41) is 21.4. The number of aromatic nitrogens is 1. The van der Waals surface area contributed by atoms with E-state index in [0.717, 1.165) is 34.2 Å². The van der Waals surface area contributed by atoms with E-state index in [1.54, 1.807) is 24.3 Å². The molecule has 1 unspecified atom stereocenters. The summed E-state index contributed by atoms with van der Waals surface area (Å²) in [4.78, 5) is 32.7. The average Bonchev–Trinajstić information content (AvgIpc) is 3.41. The molecule has 7 heteroatoms. The maximum Gasteiger partial charge on any atom is 0.301 e. The molecule has 35 heavy (non-hydrogen) atoms. The van der Waals surface area contributed by atoms with Gasteiger partial charge in [-0.05, 0) is 53.8 Å². The van der Waals surface area contributed by atoms with Crippen molar-refractivity contribution in [2.24, 2.45) is 0 Å². The van der Waals surface area contributed by atoms with Crippen LogP contribution in [0.3, 0.4) is 0 Å². The molecule has 0 saturated carbocycles. The predicted octanol–water partition coefficient (Wildman–Crippen LogP) is 5.75. The quantitative estimate of drug-likeness (QED) is 0.214. The molecule has 5 rings (SSSR count). The summed E-state index contributed by atoms with van der Waals surface area (Å²) < 4.78 is 0.917. The Kier molecular flexibility index (Phi) is 5.86. The molecule has 1 aromatic heterocycles. The fraction of sp³-hybridized carbons (Fsp3) is 0.179. The zero-order valence-electron chi connectivity index (χ0n) is 19.4. The minimum Gasteiger partial charge on any atom is -0.508 e. The lowest BCUT2D eigenvalue weighted by molar-refractivity contribution is -0.132. The zero-order chi connectivity index (χ0) is 24.7. The number of aryl methyl sites for hydroxylation is 2. The van der Waals surface area contributed by atoms with Crippen molar-refractivity contribution in [3.8, 4) is 5.75 Å². The predicted molar refractivity (Wildman–Crippen MR) is 138 cm³/mol. The van der Waals surface area contributed by atoms with E-state index >= 15 is 0 Å². The van der Waals surface area contributed by atoms with Gasteiger partial charge in [0, 0.05) is 5.56 Å². The first-order valence-electron chi connectivity index (χ1n) is 11.5.